The van der Waals surface area contributed by atoms with Crippen LogP contribution < -0.4 is 4.74 Å². The van der Waals surface area contributed by atoms with Gasteiger partial charge in [0.25, 0.3) is 0 Å². The Morgan fingerprint density at radius 3 is 2.59 bits per heavy atom. The highest BCUT2D eigenvalue weighted by atomic mass is 19.1. The van der Waals surface area contributed by atoms with Crippen LogP contribution in [-0.4, -0.2) is 27.6 Å². The Balaban J connectivity index is 1.51. The number of rotatable bonds is 4. The number of phenolic OH excluding ortho intramolecular Hbond substituents is 1. The molecule has 2 aromatic heterocycles. The molecule has 1 aliphatic rings. The van der Waals surface area contributed by atoms with Crippen molar-refractivity contribution >= 4 is 0 Å². The van der Waals surface area contributed by atoms with Crippen molar-refractivity contribution in [2.24, 2.45) is 0 Å². The minimum Gasteiger partial charge on any atom is -0.507 e. The molecule has 27 heavy (non-hydrogen) atoms. The Morgan fingerprint density at radius 1 is 1.07 bits per heavy atom. The first-order chi connectivity index (χ1) is 13.1. The van der Waals surface area contributed by atoms with Crippen LogP contribution >= 0.6 is 0 Å². The Hall–Kier alpha value is -2.89. The minimum absolute atomic E-state index is 0.0839. The van der Waals surface area contributed by atoms with Crippen LogP contribution in [0.2, 0.25) is 0 Å². The van der Waals surface area contributed by atoms with E-state index in [1.54, 1.807) is 24.3 Å². The number of hydrogen-bond acceptors (Lipinski definition) is 5. The molecule has 4 rings (SSSR count). The number of furan rings is 1. The van der Waals surface area contributed by atoms with Crippen molar-refractivity contribution < 1.29 is 18.7 Å². The van der Waals surface area contributed by atoms with E-state index in [1.165, 1.54) is 0 Å². The molecule has 3 aromatic rings. The van der Waals surface area contributed by atoms with Crippen molar-refractivity contribution in [1.82, 2.24) is 10.2 Å². The highest BCUT2D eigenvalue weighted by Crippen LogP contribution is 2.33. The van der Waals surface area contributed by atoms with E-state index in [1.807, 2.05) is 25.1 Å². The van der Waals surface area contributed by atoms with Gasteiger partial charge in [-0.1, -0.05) is 12.5 Å². The Morgan fingerprint density at radius 2 is 1.93 bits per heavy atom. The van der Waals surface area contributed by atoms with Crippen molar-refractivity contribution in [2.75, 3.05) is 0 Å². The average Bonchev–Trinajstić information content (AvgIpc) is 3.11. The first-order valence-corrected chi connectivity index (χ1v) is 9.15. The van der Waals surface area contributed by atoms with E-state index in [0.29, 0.717) is 35.7 Å². The lowest BCUT2D eigenvalue weighted by atomic mass is 9.96. The van der Waals surface area contributed by atoms with E-state index in [9.17, 15) is 9.50 Å². The molecule has 5 nitrogen and oxygen atoms in total. The molecule has 6 heteroatoms. The summed E-state index contributed by atoms with van der Waals surface area (Å²) in [6.07, 6.45) is 1.68. The summed E-state index contributed by atoms with van der Waals surface area (Å²) in [6, 6.07) is 12.4. The molecule has 1 N–H and O–H groups in total. The molecule has 0 unspecified atom stereocenters. The van der Waals surface area contributed by atoms with Crippen molar-refractivity contribution in [1.29, 1.82) is 0 Å². The number of benzene rings is 1. The third kappa shape index (κ3) is 3.79. The van der Waals surface area contributed by atoms with Gasteiger partial charge in [-0.25, -0.2) is 4.39 Å². The van der Waals surface area contributed by atoms with Gasteiger partial charge >= 0.3 is 0 Å². The monoisotopic (exact) mass is 368 g/mol. The molecule has 0 amide bonds. The van der Waals surface area contributed by atoms with Crippen LogP contribution in [-0.2, 0) is 0 Å². The highest BCUT2D eigenvalue weighted by molar-refractivity contribution is 5.72. The SMILES string of the molecule is Cc1ccc(-c2ccc(-c3ccc(O[C@@H]4CCCC[C@@H]4F)nn3)c(O)c2)o1. The summed E-state index contributed by atoms with van der Waals surface area (Å²) in [4.78, 5) is 0. The number of aryl methyl sites for hydroxylation is 1. The first kappa shape index (κ1) is 17.5. The molecule has 0 spiro atoms. The van der Waals surface area contributed by atoms with Crippen molar-refractivity contribution in [2.45, 2.75) is 44.9 Å². The maximum absolute atomic E-state index is 13.9. The predicted molar refractivity (Wildman–Crippen MR) is 99.4 cm³/mol. The molecule has 140 valence electrons. The largest absolute Gasteiger partial charge is 0.507 e. The van der Waals surface area contributed by atoms with Crippen LogP contribution in [0.4, 0.5) is 4.39 Å². The molecular weight excluding hydrogens is 347 g/mol. The van der Waals surface area contributed by atoms with Crippen molar-refractivity contribution in [3.63, 3.8) is 0 Å². The normalized spacial score (nSPS) is 19.8. The van der Waals surface area contributed by atoms with E-state index < -0.39 is 12.3 Å². The van der Waals surface area contributed by atoms with E-state index in [4.69, 9.17) is 9.15 Å². The maximum Gasteiger partial charge on any atom is 0.233 e. The molecule has 1 aliphatic carbocycles. The van der Waals surface area contributed by atoms with E-state index in [2.05, 4.69) is 10.2 Å². The number of halogens is 1. The van der Waals surface area contributed by atoms with Crippen LogP contribution in [0.5, 0.6) is 11.6 Å². The zero-order chi connectivity index (χ0) is 18.8. The zero-order valence-electron chi connectivity index (χ0n) is 15.1. The minimum atomic E-state index is -0.956. The molecular formula is C21H21FN2O3. The van der Waals surface area contributed by atoms with Gasteiger partial charge in [0.1, 0.15) is 29.5 Å². The summed E-state index contributed by atoms with van der Waals surface area (Å²) in [5, 5.41) is 18.6. The highest BCUT2D eigenvalue weighted by Gasteiger charge is 2.26. The summed E-state index contributed by atoms with van der Waals surface area (Å²) >= 11 is 0. The lowest BCUT2D eigenvalue weighted by molar-refractivity contribution is 0.0594. The smallest absolute Gasteiger partial charge is 0.233 e. The Bertz CT molecular complexity index is 923. The summed E-state index contributed by atoms with van der Waals surface area (Å²) in [7, 11) is 0. The second-order valence-corrected chi connectivity index (χ2v) is 6.86. The fraction of sp³-hybridized carbons (Fsp3) is 0.333. The van der Waals surface area contributed by atoms with Crippen LogP contribution in [0.15, 0.2) is 46.9 Å². The number of aromatic hydroxyl groups is 1. The van der Waals surface area contributed by atoms with Crippen LogP contribution in [0.3, 0.4) is 0 Å². The molecule has 0 bridgehead atoms. The van der Waals surface area contributed by atoms with Gasteiger partial charge < -0.3 is 14.3 Å². The zero-order valence-corrected chi connectivity index (χ0v) is 15.1. The molecule has 0 radical (unpaired) electrons. The van der Waals surface area contributed by atoms with Crippen LogP contribution in [0.25, 0.3) is 22.6 Å². The number of ether oxygens (including phenoxy) is 1. The topological polar surface area (TPSA) is 68.4 Å². The second-order valence-electron chi connectivity index (χ2n) is 6.86. The third-order valence-corrected chi connectivity index (χ3v) is 4.83. The lowest BCUT2D eigenvalue weighted by Gasteiger charge is -2.25. The van der Waals surface area contributed by atoms with Gasteiger partial charge in [0, 0.05) is 17.2 Å². The fourth-order valence-corrected chi connectivity index (χ4v) is 3.36. The number of aromatic nitrogens is 2. The summed E-state index contributed by atoms with van der Waals surface area (Å²) < 4.78 is 25.1. The standard InChI is InChI=1S/C21H21FN2O3/c1-13-6-10-19(26-13)14-7-8-15(18(25)12-14)17-9-11-21(24-23-17)27-20-5-3-2-4-16(20)22/h6-12,16,20,25H,2-5H2,1H3/t16-,20+/m0/s1. The van der Waals surface area contributed by atoms with E-state index >= 15 is 0 Å². The Labute approximate surface area is 156 Å². The van der Waals surface area contributed by atoms with Gasteiger partial charge in [0.15, 0.2) is 0 Å². The van der Waals surface area contributed by atoms with Crippen LogP contribution in [0.1, 0.15) is 31.4 Å². The predicted octanol–water partition coefficient (Wildman–Crippen LogP) is 5.08. The Kier molecular flexibility index (Phi) is 4.79. The first-order valence-electron chi connectivity index (χ1n) is 9.15. The summed E-state index contributed by atoms with van der Waals surface area (Å²) in [6.45, 7) is 1.87. The molecule has 0 saturated heterocycles. The maximum atomic E-state index is 13.9. The van der Waals surface area contributed by atoms with Crippen molar-refractivity contribution in [3.8, 4) is 34.2 Å². The second kappa shape index (κ2) is 7.39. The van der Waals surface area contributed by atoms with Gasteiger partial charge in [-0.15, -0.1) is 10.2 Å². The van der Waals surface area contributed by atoms with E-state index in [-0.39, 0.29) is 5.75 Å². The molecule has 1 fully saturated rings. The number of hydrogen-bond donors (Lipinski definition) is 1. The van der Waals surface area contributed by atoms with Gasteiger partial charge in [-0.05, 0) is 56.5 Å². The summed E-state index contributed by atoms with van der Waals surface area (Å²) in [5.41, 5.74) is 1.85. The van der Waals surface area contributed by atoms with Gasteiger partial charge in [-0.3, -0.25) is 0 Å². The van der Waals surface area contributed by atoms with Gasteiger partial charge in [0.05, 0.1) is 5.69 Å². The molecule has 0 aliphatic heterocycles. The van der Waals surface area contributed by atoms with Crippen molar-refractivity contribution in [3.05, 3.63) is 48.2 Å². The van der Waals surface area contributed by atoms with Gasteiger partial charge in [0.2, 0.25) is 5.88 Å². The third-order valence-electron chi connectivity index (χ3n) is 4.83. The molecule has 2 heterocycles. The molecule has 1 saturated carbocycles. The number of nitrogens with zero attached hydrogens (tertiary/aromatic N) is 2. The quantitative estimate of drug-likeness (QED) is 0.696. The molecule has 2 atom stereocenters. The summed E-state index contributed by atoms with van der Waals surface area (Å²) in [5.74, 6) is 1.89. The fourth-order valence-electron chi connectivity index (χ4n) is 3.36. The number of alkyl halides is 1. The van der Waals surface area contributed by atoms with Crippen LogP contribution in [0, 0.1) is 6.92 Å². The molecule has 1 aromatic carbocycles. The van der Waals surface area contributed by atoms with Gasteiger partial charge in [-0.2, -0.15) is 0 Å². The number of phenols is 1. The lowest BCUT2D eigenvalue weighted by Crippen LogP contribution is -2.32. The van der Waals surface area contributed by atoms with E-state index in [0.717, 1.165) is 24.2 Å². The average molecular weight is 368 g/mol.